The van der Waals surface area contributed by atoms with Crippen LogP contribution in [-0.4, -0.2) is 40.4 Å². The summed E-state index contributed by atoms with van der Waals surface area (Å²) in [7, 11) is 0. The Bertz CT molecular complexity index is 473. The number of nitrogens with two attached hydrogens (primary N) is 1. The average Bonchev–Trinajstić information content (AvgIpc) is 2.41. The van der Waals surface area contributed by atoms with E-state index in [1.165, 1.54) is 6.42 Å². The molecule has 1 fully saturated rings. The highest BCUT2D eigenvalue weighted by Crippen LogP contribution is 2.20. The lowest BCUT2D eigenvalue weighted by Gasteiger charge is -2.26. The van der Waals surface area contributed by atoms with Crippen LogP contribution in [0.25, 0.3) is 0 Å². The zero-order valence-electron chi connectivity index (χ0n) is 10.9. The molecule has 0 atom stereocenters. The predicted molar refractivity (Wildman–Crippen MR) is 75.1 cm³/mol. The number of aryl methyl sites for hydroxylation is 1. The number of carbonyl (C=O) groups is 1. The summed E-state index contributed by atoms with van der Waals surface area (Å²) in [6.45, 7) is 3.59. The van der Waals surface area contributed by atoms with Crippen molar-refractivity contribution in [1.82, 2.24) is 14.9 Å². The Labute approximate surface area is 117 Å². The quantitative estimate of drug-likeness (QED) is 0.820. The van der Waals surface area contributed by atoms with E-state index in [2.05, 4.69) is 15.3 Å². The van der Waals surface area contributed by atoms with Gasteiger partial charge in [-0.3, -0.25) is 4.79 Å². The minimum atomic E-state index is 0.0616. The fourth-order valence-corrected chi connectivity index (χ4v) is 2.31. The van der Waals surface area contributed by atoms with Gasteiger partial charge in [-0.25, -0.2) is 4.98 Å². The molecule has 1 saturated heterocycles. The highest BCUT2D eigenvalue weighted by molar-refractivity contribution is 6.28. The first-order valence-electron chi connectivity index (χ1n) is 6.39. The molecule has 6 nitrogen and oxygen atoms in total. The second-order valence-corrected chi connectivity index (χ2v) is 4.97. The number of aromatic nitrogens is 2. The molecule has 0 aliphatic carbocycles. The van der Waals surface area contributed by atoms with Crippen molar-refractivity contribution in [3.8, 4) is 0 Å². The van der Waals surface area contributed by atoms with Crippen molar-refractivity contribution in [2.24, 2.45) is 0 Å². The monoisotopic (exact) mass is 283 g/mol. The fourth-order valence-electron chi connectivity index (χ4n) is 2.10. The van der Waals surface area contributed by atoms with Gasteiger partial charge in [0.25, 0.3) is 0 Å². The van der Waals surface area contributed by atoms with Crippen molar-refractivity contribution in [2.75, 3.05) is 30.7 Å². The van der Waals surface area contributed by atoms with Crippen LogP contribution in [0.4, 0.5) is 11.5 Å². The Kier molecular flexibility index (Phi) is 4.42. The SMILES string of the molecule is Cc1nc(Cl)nc(NCC(=O)N2CCCCC2)c1N. The maximum atomic E-state index is 12.0. The third-order valence-electron chi connectivity index (χ3n) is 3.22. The Morgan fingerprint density at radius 2 is 2.05 bits per heavy atom. The molecule has 3 N–H and O–H groups in total. The van der Waals surface area contributed by atoms with Gasteiger partial charge in [0, 0.05) is 13.1 Å². The van der Waals surface area contributed by atoms with E-state index in [1.807, 2.05) is 4.90 Å². The molecule has 0 unspecified atom stereocenters. The molecule has 1 aromatic rings. The lowest BCUT2D eigenvalue weighted by molar-refractivity contribution is -0.130. The van der Waals surface area contributed by atoms with Crippen LogP contribution in [0, 0.1) is 6.92 Å². The van der Waals surface area contributed by atoms with Crippen molar-refractivity contribution >= 4 is 29.0 Å². The number of piperidine rings is 1. The first kappa shape index (κ1) is 13.9. The number of nitrogens with zero attached hydrogens (tertiary/aromatic N) is 3. The molecule has 0 spiro atoms. The van der Waals surface area contributed by atoms with Gasteiger partial charge in [-0.1, -0.05) is 0 Å². The van der Waals surface area contributed by atoms with Gasteiger partial charge in [0.05, 0.1) is 17.9 Å². The number of hydrogen-bond acceptors (Lipinski definition) is 5. The predicted octanol–water partition coefficient (Wildman–Crippen LogP) is 1.45. The van der Waals surface area contributed by atoms with Crippen molar-refractivity contribution in [1.29, 1.82) is 0 Å². The molecule has 0 bridgehead atoms. The van der Waals surface area contributed by atoms with E-state index in [0.717, 1.165) is 25.9 Å². The third kappa shape index (κ3) is 3.47. The van der Waals surface area contributed by atoms with E-state index in [4.69, 9.17) is 17.3 Å². The lowest BCUT2D eigenvalue weighted by Crippen LogP contribution is -2.39. The number of likely N-dealkylation sites (tertiary alicyclic amines) is 1. The van der Waals surface area contributed by atoms with E-state index in [0.29, 0.717) is 17.2 Å². The van der Waals surface area contributed by atoms with E-state index in [1.54, 1.807) is 6.92 Å². The van der Waals surface area contributed by atoms with Crippen LogP contribution in [-0.2, 0) is 4.79 Å². The van der Waals surface area contributed by atoms with Crippen LogP contribution >= 0.6 is 11.6 Å². The summed E-state index contributed by atoms with van der Waals surface area (Å²) >= 11 is 5.77. The largest absolute Gasteiger partial charge is 0.394 e. The van der Waals surface area contributed by atoms with Crippen LogP contribution in [0.3, 0.4) is 0 Å². The smallest absolute Gasteiger partial charge is 0.241 e. The van der Waals surface area contributed by atoms with Gasteiger partial charge in [-0.15, -0.1) is 0 Å². The van der Waals surface area contributed by atoms with Gasteiger partial charge in [0.1, 0.15) is 0 Å². The summed E-state index contributed by atoms with van der Waals surface area (Å²) in [6.07, 6.45) is 3.35. The van der Waals surface area contributed by atoms with Gasteiger partial charge in [-0.05, 0) is 37.8 Å². The molecule has 19 heavy (non-hydrogen) atoms. The van der Waals surface area contributed by atoms with Crippen LogP contribution < -0.4 is 11.1 Å². The number of anilines is 2. The molecule has 1 amide bonds. The summed E-state index contributed by atoms with van der Waals surface area (Å²) in [5.41, 5.74) is 6.88. The van der Waals surface area contributed by atoms with Gasteiger partial charge < -0.3 is 16.0 Å². The van der Waals surface area contributed by atoms with Crippen LogP contribution in [0.15, 0.2) is 0 Å². The molecule has 104 valence electrons. The third-order valence-corrected chi connectivity index (χ3v) is 3.39. The van der Waals surface area contributed by atoms with Gasteiger partial charge >= 0.3 is 0 Å². The Morgan fingerprint density at radius 3 is 2.74 bits per heavy atom. The molecule has 1 aromatic heterocycles. The highest BCUT2D eigenvalue weighted by Gasteiger charge is 2.17. The summed E-state index contributed by atoms with van der Waals surface area (Å²) < 4.78 is 0. The molecular formula is C12H18ClN5O. The number of nitrogens with one attached hydrogen (secondary N) is 1. The summed E-state index contributed by atoms with van der Waals surface area (Å²) in [5, 5.41) is 3.06. The Balaban J connectivity index is 1.96. The standard InChI is InChI=1S/C12H18ClN5O/c1-8-10(14)11(17-12(13)16-8)15-7-9(19)18-5-3-2-4-6-18/h2-7,14H2,1H3,(H,15,16,17). The van der Waals surface area contributed by atoms with Crippen molar-refractivity contribution < 1.29 is 4.79 Å². The minimum absolute atomic E-state index is 0.0616. The Hall–Kier alpha value is -1.56. The van der Waals surface area contributed by atoms with E-state index in [-0.39, 0.29) is 17.7 Å². The second-order valence-electron chi connectivity index (χ2n) is 4.64. The number of rotatable bonds is 3. The van der Waals surface area contributed by atoms with Gasteiger partial charge in [0.15, 0.2) is 5.82 Å². The first-order chi connectivity index (χ1) is 9.08. The van der Waals surface area contributed by atoms with E-state index < -0.39 is 0 Å². The zero-order valence-corrected chi connectivity index (χ0v) is 11.7. The zero-order chi connectivity index (χ0) is 13.8. The number of hydrogen-bond donors (Lipinski definition) is 2. The molecule has 0 saturated carbocycles. The first-order valence-corrected chi connectivity index (χ1v) is 6.77. The summed E-state index contributed by atoms with van der Waals surface area (Å²) in [5.74, 6) is 0.481. The van der Waals surface area contributed by atoms with Crippen molar-refractivity contribution in [2.45, 2.75) is 26.2 Å². The van der Waals surface area contributed by atoms with Crippen molar-refractivity contribution in [3.05, 3.63) is 11.0 Å². The summed E-state index contributed by atoms with van der Waals surface area (Å²) in [6, 6.07) is 0. The average molecular weight is 284 g/mol. The van der Waals surface area contributed by atoms with Crippen LogP contribution in [0.2, 0.25) is 5.28 Å². The molecule has 0 radical (unpaired) electrons. The number of carbonyl (C=O) groups excluding carboxylic acids is 1. The number of amides is 1. The maximum Gasteiger partial charge on any atom is 0.241 e. The summed E-state index contributed by atoms with van der Waals surface area (Å²) in [4.78, 5) is 21.8. The lowest BCUT2D eigenvalue weighted by atomic mass is 10.1. The number of nitrogen functional groups attached to an aromatic ring is 1. The Morgan fingerprint density at radius 1 is 1.37 bits per heavy atom. The molecular weight excluding hydrogens is 266 g/mol. The molecule has 1 aliphatic heterocycles. The second kappa shape index (κ2) is 6.06. The van der Waals surface area contributed by atoms with E-state index >= 15 is 0 Å². The highest BCUT2D eigenvalue weighted by atomic mass is 35.5. The van der Waals surface area contributed by atoms with Crippen LogP contribution in [0.1, 0.15) is 25.0 Å². The molecule has 7 heteroatoms. The molecule has 1 aliphatic rings. The molecule has 2 rings (SSSR count). The maximum absolute atomic E-state index is 12.0. The fraction of sp³-hybridized carbons (Fsp3) is 0.583. The normalized spacial score (nSPS) is 15.4. The van der Waals surface area contributed by atoms with E-state index in [9.17, 15) is 4.79 Å². The molecule has 0 aromatic carbocycles. The number of halogens is 1. The minimum Gasteiger partial charge on any atom is -0.394 e. The van der Waals surface area contributed by atoms with Crippen LogP contribution in [0.5, 0.6) is 0 Å². The van der Waals surface area contributed by atoms with Crippen molar-refractivity contribution in [3.63, 3.8) is 0 Å². The topological polar surface area (TPSA) is 84.1 Å². The van der Waals surface area contributed by atoms with Gasteiger partial charge in [0.2, 0.25) is 11.2 Å². The van der Waals surface area contributed by atoms with Gasteiger partial charge in [-0.2, -0.15) is 4.98 Å². The molecule has 2 heterocycles.